The Morgan fingerprint density at radius 2 is 2.04 bits per heavy atom. The highest BCUT2D eigenvalue weighted by Crippen LogP contribution is 2.29. The molecule has 1 aliphatic heterocycles. The Hall–Kier alpha value is -2.78. The zero-order valence-corrected chi connectivity index (χ0v) is 14.2. The topological polar surface area (TPSA) is 99.7 Å². The molecule has 2 amide bonds. The van der Waals surface area contributed by atoms with Gasteiger partial charge in [-0.1, -0.05) is 12.1 Å². The van der Waals surface area contributed by atoms with Crippen molar-refractivity contribution in [2.45, 2.75) is 4.90 Å². The van der Waals surface area contributed by atoms with Crippen molar-refractivity contribution < 1.29 is 18.0 Å². The minimum Gasteiger partial charge on any atom is -0.323 e. The molecule has 0 fully saturated rings. The maximum atomic E-state index is 12.6. The lowest BCUT2D eigenvalue weighted by Gasteiger charge is -2.30. The number of nitrogens with zero attached hydrogens (tertiary/aromatic N) is 3. The van der Waals surface area contributed by atoms with E-state index < -0.39 is 22.5 Å². The molecule has 0 saturated carbocycles. The van der Waals surface area contributed by atoms with E-state index in [2.05, 4.69) is 10.3 Å². The smallest absolute Gasteiger partial charge is 0.244 e. The van der Waals surface area contributed by atoms with Crippen LogP contribution >= 0.6 is 0 Å². The van der Waals surface area contributed by atoms with Crippen LogP contribution in [0.5, 0.6) is 0 Å². The summed E-state index contributed by atoms with van der Waals surface area (Å²) in [6.45, 7) is -0.546. The number of fused-ring (bicyclic) bond motifs is 1. The molecule has 0 unspecified atom stereocenters. The maximum Gasteiger partial charge on any atom is 0.244 e. The van der Waals surface area contributed by atoms with Crippen molar-refractivity contribution >= 4 is 33.2 Å². The van der Waals surface area contributed by atoms with Gasteiger partial charge in [0.25, 0.3) is 0 Å². The molecule has 1 aliphatic rings. The third kappa shape index (κ3) is 3.37. The van der Waals surface area contributed by atoms with E-state index in [0.717, 1.165) is 4.31 Å². The van der Waals surface area contributed by atoms with Gasteiger partial charge in [-0.2, -0.15) is 4.31 Å². The van der Waals surface area contributed by atoms with Crippen LogP contribution in [0.2, 0.25) is 0 Å². The number of likely N-dealkylation sites (N-methyl/N-ethyl adjacent to an activating group) is 1. The van der Waals surface area contributed by atoms with Crippen molar-refractivity contribution in [2.24, 2.45) is 0 Å². The Morgan fingerprint density at radius 1 is 1.28 bits per heavy atom. The van der Waals surface area contributed by atoms with Crippen molar-refractivity contribution in [2.75, 3.05) is 30.4 Å². The number of para-hydroxylation sites is 2. The first kappa shape index (κ1) is 17.1. The summed E-state index contributed by atoms with van der Waals surface area (Å²) in [6, 6.07) is 9.78. The minimum atomic E-state index is -3.84. The molecule has 1 N–H and O–H groups in total. The fourth-order valence-electron chi connectivity index (χ4n) is 2.50. The highest BCUT2D eigenvalue weighted by Gasteiger charge is 2.30. The van der Waals surface area contributed by atoms with Gasteiger partial charge >= 0.3 is 0 Å². The number of benzene rings is 1. The fourth-order valence-corrected chi connectivity index (χ4v) is 3.58. The van der Waals surface area contributed by atoms with Crippen LogP contribution in [0.25, 0.3) is 0 Å². The first-order valence-electron chi connectivity index (χ1n) is 7.45. The van der Waals surface area contributed by atoms with Gasteiger partial charge in [-0.05, 0) is 24.3 Å². The largest absolute Gasteiger partial charge is 0.323 e. The lowest BCUT2D eigenvalue weighted by Crippen LogP contribution is -2.46. The van der Waals surface area contributed by atoms with Gasteiger partial charge in [0.05, 0.1) is 17.9 Å². The Bertz CT molecular complexity index is 915. The molecule has 130 valence electrons. The number of sulfonamides is 1. The number of hydrogen-bond donors (Lipinski definition) is 1. The van der Waals surface area contributed by atoms with Crippen LogP contribution in [0, 0.1) is 0 Å². The van der Waals surface area contributed by atoms with Crippen molar-refractivity contribution in [3.63, 3.8) is 0 Å². The highest BCUT2D eigenvalue weighted by atomic mass is 32.2. The molecular weight excluding hydrogens is 344 g/mol. The first-order chi connectivity index (χ1) is 11.9. The number of rotatable bonds is 4. The average Bonchev–Trinajstić information content (AvgIpc) is 2.61. The van der Waals surface area contributed by atoms with Gasteiger partial charge in [0.2, 0.25) is 21.8 Å². The Morgan fingerprint density at radius 3 is 2.76 bits per heavy atom. The molecule has 0 atom stereocenters. The Kier molecular flexibility index (Phi) is 4.51. The molecular formula is C16H16N4O4S. The van der Waals surface area contributed by atoms with E-state index in [1.54, 1.807) is 24.3 Å². The third-order valence-corrected chi connectivity index (χ3v) is 5.56. The molecule has 0 saturated heterocycles. The number of hydrogen-bond acceptors (Lipinski definition) is 5. The quantitative estimate of drug-likeness (QED) is 0.865. The zero-order chi connectivity index (χ0) is 18.0. The van der Waals surface area contributed by atoms with Crippen LogP contribution in [0.4, 0.5) is 11.4 Å². The number of nitrogens with one attached hydrogen (secondary N) is 1. The standard InChI is InChI=1S/C16H16N4O4S/c1-19(25(23,24)12-5-4-8-17-9-12)11-16(22)20-10-15(21)18-13-6-2-3-7-14(13)20/h2-9H,10-11H2,1H3,(H,18,21). The van der Waals surface area contributed by atoms with E-state index in [0.29, 0.717) is 11.4 Å². The number of carbonyl (C=O) groups excluding carboxylic acids is 2. The SMILES string of the molecule is CN(CC(=O)N1CC(=O)Nc2ccccc21)S(=O)(=O)c1cccnc1. The molecule has 9 heteroatoms. The van der Waals surface area contributed by atoms with Gasteiger partial charge in [0.1, 0.15) is 11.4 Å². The third-order valence-electron chi connectivity index (χ3n) is 3.77. The van der Waals surface area contributed by atoms with Gasteiger partial charge in [0, 0.05) is 19.4 Å². The maximum absolute atomic E-state index is 12.6. The molecule has 1 aromatic heterocycles. The van der Waals surface area contributed by atoms with Crippen LogP contribution in [0.3, 0.4) is 0 Å². The van der Waals surface area contributed by atoms with Crippen LogP contribution in [-0.2, 0) is 19.6 Å². The van der Waals surface area contributed by atoms with Gasteiger partial charge in [0.15, 0.2) is 0 Å². The summed E-state index contributed by atoms with van der Waals surface area (Å²) in [4.78, 5) is 29.5. The average molecular weight is 360 g/mol. The summed E-state index contributed by atoms with van der Waals surface area (Å²) in [5.74, 6) is -0.818. The van der Waals surface area contributed by atoms with E-state index in [1.807, 2.05) is 0 Å². The number of carbonyl (C=O) groups is 2. The minimum absolute atomic E-state index is 0.00193. The summed E-state index contributed by atoms with van der Waals surface area (Å²) in [7, 11) is -2.53. The summed E-state index contributed by atoms with van der Waals surface area (Å²) < 4.78 is 25.9. The molecule has 2 aromatic rings. The van der Waals surface area contributed by atoms with Crippen LogP contribution in [-0.4, -0.2) is 49.7 Å². The second-order valence-electron chi connectivity index (χ2n) is 5.50. The first-order valence-corrected chi connectivity index (χ1v) is 8.89. The summed E-state index contributed by atoms with van der Waals surface area (Å²) in [6.07, 6.45) is 2.69. The summed E-state index contributed by atoms with van der Waals surface area (Å²) in [5, 5.41) is 2.68. The number of aromatic nitrogens is 1. The number of pyridine rings is 1. The second-order valence-corrected chi connectivity index (χ2v) is 7.54. The van der Waals surface area contributed by atoms with Crippen molar-refractivity contribution in [3.8, 4) is 0 Å². The van der Waals surface area contributed by atoms with Crippen molar-refractivity contribution in [1.82, 2.24) is 9.29 Å². The van der Waals surface area contributed by atoms with Crippen LogP contribution in [0.1, 0.15) is 0 Å². The molecule has 0 aliphatic carbocycles. The highest BCUT2D eigenvalue weighted by molar-refractivity contribution is 7.89. The van der Waals surface area contributed by atoms with E-state index in [9.17, 15) is 18.0 Å². The van der Waals surface area contributed by atoms with Gasteiger partial charge in [-0.15, -0.1) is 0 Å². The van der Waals surface area contributed by atoms with E-state index in [-0.39, 0.29) is 17.3 Å². The molecule has 0 bridgehead atoms. The normalized spacial score (nSPS) is 14.2. The fraction of sp³-hybridized carbons (Fsp3) is 0.188. The monoisotopic (exact) mass is 360 g/mol. The number of anilines is 2. The van der Waals surface area contributed by atoms with Gasteiger partial charge < -0.3 is 5.32 Å². The Labute approximate surface area is 145 Å². The molecule has 0 radical (unpaired) electrons. The van der Waals surface area contributed by atoms with Crippen molar-refractivity contribution in [1.29, 1.82) is 0 Å². The molecule has 25 heavy (non-hydrogen) atoms. The van der Waals surface area contributed by atoms with Gasteiger partial charge in [-0.25, -0.2) is 8.42 Å². The predicted molar refractivity (Wildman–Crippen MR) is 91.5 cm³/mol. The van der Waals surface area contributed by atoms with E-state index in [1.165, 1.54) is 36.5 Å². The van der Waals surface area contributed by atoms with E-state index in [4.69, 9.17) is 0 Å². The van der Waals surface area contributed by atoms with E-state index >= 15 is 0 Å². The molecule has 3 rings (SSSR count). The zero-order valence-electron chi connectivity index (χ0n) is 13.4. The van der Waals surface area contributed by atoms with Crippen molar-refractivity contribution in [3.05, 3.63) is 48.8 Å². The Balaban J connectivity index is 1.82. The summed E-state index contributed by atoms with van der Waals surface area (Å²) in [5.41, 5.74) is 1.06. The predicted octanol–water partition coefficient (Wildman–Crippen LogP) is 0.687. The number of amides is 2. The second kappa shape index (κ2) is 6.61. The summed E-state index contributed by atoms with van der Waals surface area (Å²) >= 11 is 0. The van der Waals surface area contributed by atoms with Crippen LogP contribution < -0.4 is 10.2 Å². The molecule has 0 spiro atoms. The van der Waals surface area contributed by atoms with Crippen LogP contribution in [0.15, 0.2) is 53.7 Å². The molecule has 2 heterocycles. The lowest BCUT2D eigenvalue weighted by atomic mass is 10.2. The van der Waals surface area contributed by atoms with Gasteiger partial charge in [-0.3, -0.25) is 19.5 Å². The molecule has 1 aromatic carbocycles. The lowest BCUT2D eigenvalue weighted by molar-refractivity contribution is -0.121. The molecule has 8 nitrogen and oxygen atoms in total.